The molecule has 158 valence electrons. The minimum absolute atomic E-state index is 0.0118. The van der Waals surface area contributed by atoms with Gasteiger partial charge in [-0.25, -0.2) is 0 Å². The minimum atomic E-state index is -0.161. The van der Waals surface area contributed by atoms with Gasteiger partial charge < -0.3 is 19.7 Å². The molecule has 0 fully saturated rings. The zero-order chi connectivity index (χ0) is 21.6. The smallest absolute Gasteiger partial charge is 0.265 e. The molecular weight excluding hydrogens is 392 g/mol. The summed E-state index contributed by atoms with van der Waals surface area (Å²) in [5, 5.41) is 2.87. The first-order valence-electron chi connectivity index (χ1n) is 10.2. The zero-order valence-corrected chi connectivity index (χ0v) is 17.3. The van der Waals surface area contributed by atoms with E-state index in [1.54, 1.807) is 17.0 Å². The number of amides is 2. The summed E-state index contributed by atoms with van der Waals surface area (Å²) in [6.07, 6.45) is 0.186. The molecule has 0 spiro atoms. The molecule has 0 unspecified atom stereocenters. The van der Waals surface area contributed by atoms with Gasteiger partial charge >= 0.3 is 0 Å². The second kappa shape index (κ2) is 9.34. The number of ether oxygens (including phenoxy) is 2. The lowest BCUT2D eigenvalue weighted by Gasteiger charge is -2.29. The molecule has 6 nitrogen and oxygen atoms in total. The van der Waals surface area contributed by atoms with Crippen molar-refractivity contribution in [1.82, 2.24) is 0 Å². The summed E-state index contributed by atoms with van der Waals surface area (Å²) in [6, 6.07) is 22.9. The van der Waals surface area contributed by atoms with E-state index in [9.17, 15) is 9.59 Å². The number of hydrogen-bond donors (Lipinski definition) is 1. The molecule has 0 bridgehead atoms. The molecule has 1 heterocycles. The number of nitrogens with one attached hydrogen (secondary N) is 1. The Hall–Kier alpha value is -3.80. The van der Waals surface area contributed by atoms with Crippen molar-refractivity contribution < 1.29 is 19.1 Å². The first kappa shape index (κ1) is 20.5. The molecule has 0 saturated heterocycles. The van der Waals surface area contributed by atoms with E-state index in [1.165, 1.54) is 0 Å². The maximum absolute atomic E-state index is 12.4. The molecule has 3 aromatic rings. The van der Waals surface area contributed by atoms with Gasteiger partial charge in [0.2, 0.25) is 5.91 Å². The van der Waals surface area contributed by atoms with Gasteiger partial charge in [-0.3, -0.25) is 9.59 Å². The van der Waals surface area contributed by atoms with Crippen LogP contribution in [0.1, 0.15) is 17.5 Å². The lowest BCUT2D eigenvalue weighted by Crippen LogP contribution is -2.40. The van der Waals surface area contributed by atoms with Crippen molar-refractivity contribution in [3.63, 3.8) is 0 Å². The molecule has 0 atom stereocenters. The van der Waals surface area contributed by atoms with Crippen LogP contribution in [0.3, 0.4) is 0 Å². The SMILES string of the molecule is Cc1ccc2c(c1)N(CCC(=O)Nc1ccc(OCc3ccccc3)cc1)C(=O)CO2. The van der Waals surface area contributed by atoms with E-state index in [2.05, 4.69) is 5.32 Å². The molecule has 1 N–H and O–H groups in total. The summed E-state index contributed by atoms with van der Waals surface area (Å²) in [7, 11) is 0. The molecule has 0 aromatic heterocycles. The van der Waals surface area contributed by atoms with Crippen LogP contribution in [-0.2, 0) is 16.2 Å². The standard InChI is InChI=1S/C25H24N2O4/c1-18-7-12-23-22(15-18)27(25(29)17-31-23)14-13-24(28)26-20-8-10-21(11-9-20)30-16-19-5-3-2-4-6-19/h2-12,15H,13-14,16-17H2,1H3,(H,26,28). The monoisotopic (exact) mass is 416 g/mol. The highest BCUT2D eigenvalue weighted by molar-refractivity contribution is 5.99. The number of hydrogen-bond acceptors (Lipinski definition) is 4. The fraction of sp³-hybridized carbons (Fsp3) is 0.200. The fourth-order valence-corrected chi connectivity index (χ4v) is 3.37. The van der Waals surface area contributed by atoms with Crippen LogP contribution in [0.25, 0.3) is 0 Å². The largest absolute Gasteiger partial charge is 0.489 e. The van der Waals surface area contributed by atoms with Crippen molar-refractivity contribution in [2.45, 2.75) is 20.0 Å². The summed E-state index contributed by atoms with van der Waals surface area (Å²) in [4.78, 5) is 26.3. The number of aryl methyl sites for hydroxylation is 1. The van der Waals surface area contributed by atoms with Gasteiger partial charge in [0.25, 0.3) is 5.91 Å². The van der Waals surface area contributed by atoms with E-state index >= 15 is 0 Å². The summed E-state index contributed by atoms with van der Waals surface area (Å²) < 4.78 is 11.2. The van der Waals surface area contributed by atoms with Gasteiger partial charge in [-0.05, 0) is 54.4 Å². The highest BCUT2D eigenvalue weighted by Gasteiger charge is 2.25. The molecule has 4 rings (SSSR count). The normalized spacial score (nSPS) is 12.7. The van der Waals surface area contributed by atoms with Crippen LogP contribution in [0.5, 0.6) is 11.5 Å². The molecular formula is C25H24N2O4. The predicted octanol–water partition coefficient (Wildman–Crippen LogP) is 4.33. The number of anilines is 2. The van der Waals surface area contributed by atoms with Gasteiger partial charge in [0.15, 0.2) is 6.61 Å². The second-order valence-corrected chi connectivity index (χ2v) is 7.40. The molecule has 31 heavy (non-hydrogen) atoms. The van der Waals surface area contributed by atoms with E-state index < -0.39 is 0 Å². The molecule has 2 amide bonds. The van der Waals surface area contributed by atoms with Crippen molar-refractivity contribution in [2.24, 2.45) is 0 Å². The summed E-state index contributed by atoms with van der Waals surface area (Å²) in [5.74, 6) is 1.08. The van der Waals surface area contributed by atoms with Crippen LogP contribution >= 0.6 is 0 Å². The quantitative estimate of drug-likeness (QED) is 0.623. The van der Waals surface area contributed by atoms with Crippen molar-refractivity contribution >= 4 is 23.2 Å². The molecule has 3 aromatic carbocycles. The highest BCUT2D eigenvalue weighted by Crippen LogP contribution is 2.32. The van der Waals surface area contributed by atoms with Gasteiger partial charge in [0.1, 0.15) is 18.1 Å². The van der Waals surface area contributed by atoms with Crippen molar-refractivity contribution in [2.75, 3.05) is 23.4 Å². The summed E-state index contributed by atoms with van der Waals surface area (Å²) in [5.41, 5.74) is 3.51. The third-order valence-electron chi connectivity index (χ3n) is 5.01. The Morgan fingerprint density at radius 1 is 1.06 bits per heavy atom. The summed E-state index contributed by atoms with van der Waals surface area (Å²) >= 11 is 0. The lowest BCUT2D eigenvalue weighted by atomic mass is 10.1. The van der Waals surface area contributed by atoms with Gasteiger partial charge in [-0.2, -0.15) is 0 Å². The Morgan fingerprint density at radius 2 is 1.84 bits per heavy atom. The topological polar surface area (TPSA) is 67.9 Å². The van der Waals surface area contributed by atoms with Crippen LogP contribution < -0.4 is 19.7 Å². The van der Waals surface area contributed by atoms with Gasteiger partial charge in [-0.1, -0.05) is 36.4 Å². The molecule has 1 aliphatic heterocycles. The number of benzene rings is 3. The first-order valence-corrected chi connectivity index (χ1v) is 10.2. The van der Waals surface area contributed by atoms with Crippen LogP contribution in [0.4, 0.5) is 11.4 Å². The van der Waals surface area contributed by atoms with Crippen LogP contribution in [0.2, 0.25) is 0 Å². The number of fused-ring (bicyclic) bond motifs is 1. The predicted molar refractivity (Wildman–Crippen MR) is 119 cm³/mol. The fourth-order valence-electron chi connectivity index (χ4n) is 3.37. The molecule has 1 aliphatic rings. The highest BCUT2D eigenvalue weighted by atomic mass is 16.5. The van der Waals surface area contributed by atoms with Crippen molar-refractivity contribution in [3.05, 3.63) is 83.9 Å². The Labute approximate surface area is 181 Å². The Morgan fingerprint density at radius 3 is 2.61 bits per heavy atom. The minimum Gasteiger partial charge on any atom is -0.489 e. The number of rotatable bonds is 7. The third kappa shape index (κ3) is 5.22. The van der Waals surface area contributed by atoms with E-state index in [-0.39, 0.29) is 24.8 Å². The number of nitrogens with zero attached hydrogens (tertiary/aromatic N) is 1. The Kier molecular flexibility index (Phi) is 6.17. The van der Waals surface area contributed by atoms with Gasteiger partial charge in [0.05, 0.1) is 5.69 Å². The number of carbonyl (C=O) groups excluding carboxylic acids is 2. The molecule has 6 heteroatoms. The van der Waals surface area contributed by atoms with E-state index in [1.807, 2.05) is 67.6 Å². The third-order valence-corrected chi connectivity index (χ3v) is 5.01. The lowest BCUT2D eigenvalue weighted by molar-refractivity contribution is -0.121. The zero-order valence-electron chi connectivity index (χ0n) is 17.3. The van der Waals surface area contributed by atoms with E-state index in [0.717, 1.165) is 16.9 Å². The second-order valence-electron chi connectivity index (χ2n) is 7.40. The number of carbonyl (C=O) groups is 2. The van der Waals surface area contributed by atoms with Crippen LogP contribution in [0.15, 0.2) is 72.8 Å². The maximum Gasteiger partial charge on any atom is 0.265 e. The maximum atomic E-state index is 12.4. The molecule has 0 radical (unpaired) electrons. The van der Waals surface area contributed by atoms with Crippen molar-refractivity contribution in [1.29, 1.82) is 0 Å². The van der Waals surface area contributed by atoms with Crippen LogP contribution in [-0.4, -0.2) is 25.0 Å². The first-order chi connectivity index (χ1) is 15.1. The van der Waals surface area contributed by atoms with Gasteiger partial charge in [-0.15, -0.1) is 0 Å². The Bertz CT molecular complexity index is 1060. The van der Waals surface area contributed by atoms with E-state index in [0.29, 0.717) is 30.3 Å². The Balaban J connectivity index is 1.30. The molecule has 0 saturated carbocycles. The van der Waals surface area contributed by atoms with E-state index in [4.69, 9.17) is 9.47 Å². The average molecular weight is 416 g/mol. The summed E-state index contributed by atoms with van der Waals surface area (Å²) in [6.45, 7) is 2.73. The van der Waals surface area contributed by atoms with Gasteiger partial charge in [0, 0.05) is 18.7 Å². The molecule has 0 aliphatic carbocycles. The average Bonchev–Trinajstić information content (AvgIpc) is 2.78. The van der Waals surface area contributed by atoms with Crippen molar-refractivity contribution in [3.8, 4) is 11.5 Å². The van der Waals surface area contributed by atoms with Crippen LogP contribution in [0, 0.1) is 6.92 Å².